The highest BCUT2D eigenvalue weighted by atomic mass is 35.5. The minimum atomic E-state index is -1.03. The van der Waals surface area contributed by atoms with Crippen molar-refractivity contribution in [1.82, 2.24) is 4.98 Å². The largest absolute Gasteiger partial charge is 0.462 e. The van der Waals surface area contributed by atoms with Crippen molar-refractivity contribution in [2.24, 2.45) is 0 Å². The van der Waals surface area contributed by atoms with E-state index in [-0.39, 0.29) is 24.4 Å². The lowest BCUT2D eigenvalue weighted by Crippen LogP contribution is -2.53. The van der Waals surface area contributed by atoms with Gasteiger partial charge in [-0.15, -0.1) is 0 Å². The zero-order chi connectivity index (χ0) is 14.8. The van der Waals surface area contributed by atoms with Crippen LogP contribution < -0.4 is 5.32 Å². The van der Waals surface area contributed by atoms with E-state index in [2.05, 4.69) is 10.3 Å². The number of aromatic nitrogens is 1. The molecule has 0 aliphatic heterocycles. The Morgan fingerprint density at radius 2 is 2.35 bits per heavy atom. The number of halogens is 1. The zero-order valence-corrected chi connectivity index (χ0v) is 11.9. The Balaban J connectivity index is 2.11. The second-order valence-corrected chi connectivity index (χ2v) is 5.29. The van der Waals surface area contributed by atoms with E-state index in [9.17, 15) is 9.90 Å². The van der Waals surface area contributed by atoms with Crippen molar-refractivity contribution in [3.63, 3.8) is 0 Å². The van der Waals surface area contributed by atoms with Gasteiger partial charge in [-0.05, 0) is 25.8 Å². The van der Waals surface area contributed by atoms with E-state index < -0.39 is 11.6 Å². The van der Waals surface area contributed by atoms with E-state index in [0.29, 0.717) is 24.1 Å². The van der Waals surface area contributed by atoms with Crippen LogP contribution in [0, 0.1) is 0 Å². The number of carbonyl (C=O) groups excluding carboxylic acids is 1. The molecule has 3 N–H and O–H groups in total. The molecule has 0 saturated heterocycles. The highest BCUT2D eigenvalue weighted by molar-refractivity contribution is 6.29. The standard InChI is InChI=1S/C13H17ClN2O4/c1-2-20-12(18)9-6-15-11(14)3-10(9)16-8-4-13(19,5-8)7-17/h3,6,8,17,19H,2,4-5,7H2,1H3,(H,15,16). The molecule has 110 valence electrons. The second-order valence-electron chi connectivity index (χ2n) is 4.91. The molecule has 1 heterocycles. The van der Waals surface area contributed by atoms with Crippen LogP contribution in [-0.2, 0) is 4.74 Å². The first-order valence-corrected chi connectivity index (χ1v) is 6.77. The Hall–Kier alpha value is -1.37. The average molecular weight is 301 g/mol. The van der Waals surface area contributed by atoms with Gasteiger partial charge in [-0.25, -0.2) is 9.78 Å². The van der Waals surface area contributed by atoms with Crippen LogP contribution in [0.3, 0.4) is 0 Å². The van der Waals surface area contributed by atoms with E-state index in [1.165, 1.54) is 6.20 Å². The number of aliphatic hydroxyl groups is 2. The van der Waals surface area contributed by atoms with Crippen molar-refractivity contribution in [3.05, 3.63) is 23.0 Å². The van der Waals surface area contributed by atoms with Gasteiger partial charge in [0.05, 0.1) is 24.5 Å². The van der Waals surface area contributed by atoms with Crippen molar-refractivity contribution in [1.29, 1.82) is 0 Å². The molecule has 1 aliphatic carbocycles. The van der Waals surface area contributed by atoms with E-state index in [4.69, 9.17) is 21.4 Å². The molecule has 0 aromatic carbocycles. The summed E-state index contributed by atoms with van der Waals surface area (Å²) in [5.74, 6) is -0.476. The molecule has 0 unspecified atom stereocenters. The topological polar surface area (TPSA) is 91.7 Å². The number of nitrogens with zero attached hydrogens (tertiary/aromatic N) is 1. The lowest BCUT2D eigenvalue weighted by molar-refractivity contribution is -0.0803. The molecule has 0 radical (unpaired) electrons. The second kappa shape index (κ2) is 5.95. The molecule has 0 bridgehead atoms. The minimum absolute atomic E-state index is 0.0289. The number of carbonyl (C=O) groups is 1. The van der Waals surface area contributed by atoms with Crippen LogP contribution in [0.25, 0.3) is 0 Å². The van der Waals surface area contributed by atoms with Gasteiger partial charge in [0, 0.05) is 12.2 Å². The van der Waals surface area contributed by atoms with Crippen molar-refractivity contribution in [2.45, 2.75) is 31.4 Å². The molecule has 1 aromatic rings. The highest BCUT2D eigenvalue weighted by Gasteiger charge is 2.42. The Morgan fingerprint density at radius 3 is 2.95 bits per heavy atom. The van der Waals surface area contributed by atoms with Gasteiger partial charge in [-0.2, -0.15) is 0 Å². The summed E-state index contributed by atoms with van der Waals surface area (Å²) in [6.07, 6.45) is 2.18. The fourth-order valence-corrected chi connectivity index (χ4v) is 2.39. The summed E-state index contributed by atoms with van der Waals surface area (Å²) in [7, 11) is 0. The number of aliphatic hydroxyl groups excluding tert-OH is 1. The van der Waals surface area contributed by atoms with Gasteiger partial charge in [-0.1, -0.05) is 11.6 Å². The number of anilines is 1. The smallest absolute Gasteiger partial charge is 0.341 e. The molecule has 0 atom stereocenters. The summed E-state index contributed by atoms with van der Waals surface area (Å²) in [5, 5.41) is 22.1. The molecule has 20 heavy (non-hydrogen) atoms. The lowest BCUT2D eigenvalue weighted by Gasteiger charge is -2.43. The summed E-state index contributed by atoms with van der Waals surface area (Å²) in [6, 6.07) is 1.52. The Morgan fingerprint density at radius 1 is 1.65 bits per heavy atom. The molecule has 2 rings (SSSR count). The maximum absolute atomic E-state index is 11.8. The number of hydrogen-bond donors (Lipinski definition) is 3. The molecule has 1 aliphatic rings. The molecule has 1 saturated carbocycles. The summed E-state index contributed by atoms with van der Waals surface area (Å²) in [4.78, 5) is 15.7. The van der Waals surface area contributed by atoms with Gasteiger partial charge in [0.15, 0.2) is 0 Å². The van der Waals surface area contributed by atoms with Gasteiger partial charge in [0.25, 0.3) is 0 Å². The maximum atomic E-state index is 11.8. The molecule has 0 amide bonds. The predicted octanol–water partition coefficient (Wildman–Crippen LogP) is 1.21. The zero-order valence-electron chi connectivity index (χ0n) is 11.1. The van der Waals surface area contributed by atoms with Gasteiger partial charge in [0.1, 0.15) is 10.7 Å². The van der Waals surface area contributed by atoms with Crippen molar-refractivity contribution < 1.29 is 19.7 Å². The Bertz CT molecular complexity index is 503. The van der Waals surface area contributed by atoms with Gasteiger partial charge < -0.3 is 20.3 Å². The van der Waals surface area contributed by atoms with Crippen molar-refractivity contribution >= 4 is 23.3 Å². The summed E-state index contributed by atoms with van der Waals surface area (Å²) in [5.41, 5.74) is -0.206. The molecule has 1 fully saturated rings. The summed E-state index contributed by atoms with van der Waals surface area (Å²) in [6.45, 7) is 1.73. The predicted molar refractivity (Wildman–Crippen MR) is 73.9 cm³/mol. The molecular weight excluding hydrogens is 284 g/mol. The van der Waals surface area contributed by atoms with E-state index in [1.54, 1.807) is 13.0 Å². The molecule has 6 nitrogen and oxygen atoms in total. The van der Waals surface area contributed by atoms with Crippen molar-refractivity contribution in [3.8, 4) is 0 Å². The van der Waals surface area contributed by atoms with Crippen LogP contribution >= 0.6 is 11.6 Å². The third-order valence-electron chi connectivity index (χ3n) is 3.27. The van der Waals surface area contributed by atoms with Gasteiger partial charge in [-0.3, -0.25) is 0 Å². The van der Waals surface area contributed by atoms with Crippen molar-refractivity contribution in [2.75, 3.05) is 18.5 Å². The third kappa shape index (κ3) is 3.20. The van der Waals surface area contributed by atoms with Crippen LogP contribution in [0.2, 0.25) is 5.15 Å². The number of pyridine rings is 1. The normalized spacial score (nSPS) is 24.9. The fraction of sp³-hybridized carbons (Fsp3) is 0.538. The first kappa shape index (κ1) is 15.0. The van der Waals surface area contributed by atoms with Crippen LogP contribution in [0.15, 0.2) is 12.3 Å². The number of rotatable bonds is 5. The van der Waals surface area contributed by atoms with Crippen LogP contribution in [0.5, 0.6) is 0 Å². The molecule has 7 heteroatoms. The highest BCUT2D eigenvalue weighted by Crippen LogP contribution is 2.35. The number of esters is 1. The molecular formula is C13H17ClN2O4. The van der Waals surface area contributed by atoms with E-state index in [0.717, 1.165) is 0 Å². The van der Waals surface area contributed by atoms with Gasteiger partial charge >= 0.3 is 5.97 Å². The van der Waals surface area contributed by atoms with Crippen LogP contribution in [-0.4, -0.2) is 46.0 Å². The summed E-state index contributed by atoms with van der Waals surface area (Å²) < 4.78 is 4.95. The first-order chi connectivity index (χ1) is 9.47. The maximum Gasteiger partial charge on any atom is 0.341 e. The van der Waals surface area contributed by atoms with Crippen LogP contribution in [0.4, 0.5) is 5.69 Å². The third-order valence-corrected chi connectivity index (χ3v) is 3.48. The summed E-state index contributed by atoms with van der Waals surface area (Å²) >= 11 is 5.83. The van der Waals surface area contributed by atoms with Gasteiger partial charge in [0.2, 0.25) is 0 Å². The monoisotopic (exact) mass is 300 g/mol. The SMILES string of the molecule is CCOC(=O)c1cnc(Cl)cc1NC1CC(O)(CO)C1. The lowest BCUT2D eigenvalue weighted by atomic mass is 9.76. The van der Waals surface area contributed by atoms with Crippen LogP contribution in [0.1, 0.15) is 30.1 Å². The minimum Gasteiger partial charge on any atom is -0.462 e. The number of nitrogens with one attached hydrogen (secondary N) is 1. The Kier molecular flexibility index (Phi) is 4.47. The Labute approximate surface area is 121 Å². The van der Waals surface area contributed by atoms with E-state index >= 15 is 0 Å². The quantitative estimate of drug-likeness (QED) is 0.559. The number of hydrogen-bond acceptors (Lipinski definition) is 6. The molecule has 0 spiro atoms. The number of ether oxygens (including phenoxy) is 1. The van der Waals surface area contributed by atoms with E-state index in [1.807, 2.05) is 0 Å². The molecule has 1 aromatic heterocycles. The average Bonchev–Trinajstić information content (AvgIpc) is 2.37. The fourth-order valence-electron chi connectivity index (χ4n) is 2.23. The first-order valence-electron chi connectivity index (χ1n) is 6.40.